The Bertz CT molecular complexity index is 337. The zero-order valence-electron chi connectivity index (χ0n) is 12.4. The Labute approximate surface area is 117 Å². The molecule has 0 bridgehead atoms. The first kappa shape index (κ1) is 14.6. The van der Waals surface area contributed by atoms with E-state index in [9.17, 15) is 0 Å². The summed E-state index contributed by atoms with van der Waals surface area (Å²) in [5.74, 6) is 1.12. The van der Waals surface area contributed by atoms with Crippen LogP contribution in [0, 0.1) is 0 Å². The van der Waals surface area contributed by atoms with Crippen LogP contribution >= 0.6 is 0 Å². The van der Waals surface area contributed by atoms with Gasteiger partial charge in [0.05, 0.1) is 6.26 Å². The Hall–Kier alpha value is -0.800. The summed E-state index contributed by atoms with van der Waals surface area (Å²) < 4.78 is 5.42. The van der Waals surface area contributed by atoms with E-state index < -0.39 is 0 Å². The molecule has 2 atom stereocenters. The number of hydrogen-bond acceptors (Lipinski definition) is 3. The Morgan fingerprint density at radius 3 is 3.16 bits per heavy atom. The molecule has 3 heteroatoms. The Balaban J connectivity index is 1.80. The van der Waals surface area contributed by atoms with Crippen molar-refractivity contribution in [3.05, 3.63) is 24.2 Å². The lowest BCUT2D eigenvalue weighted by Crippen LogP contribution is -2.41. The van der Waals surface area contributed by atoms with Crippen LogP contribution in [0.1, 0.15) is 45.3 Å². The van der Waals surface area contributed by atoms with Gasteiger partial charge in [0.15, 0.2) is 0 Å². The fraction of sp³-hybridized carbons (Fsp3) is 0.750. The molecule has 2 unspecified atom stereocenters. The number of hydrogen-bond donors (Lipinski definition) is 1. The van der Waals surface area contributed by atoms with Gasteiger partial charge in [-0.25, -0.2) is 0 Å². The molecule has 1 aromatic heterocycles. The summed E-state index contributed by atoms with van der Waals surface area (Å²) in [6.45, 7) is 8.24. The summed E-state index contributed by atoms with van der Waals surface area (Å²) >= 11 is 0. The second-order valence-corrected chi connectivity index (χ2v) is 5.76. The van der Waals surface area contributed by atoms with Crippen LogP contribution in [0.4, 0.5) is 0 Å². The molecule has 2 rings (SSSR count). The van der Waals surface area contributed by atoms with E-state index in [0.29, 0.717) is 12.1 Å². The molecule has 1 aliphatic heterocycles. The average molecular weight is 264 g/mol. The van der Waals surface area contributed by atoms with Crippen LogP contribution in [-0.2, 0) is 6.42 Å². The number of aryl methyl sites for hydroxylation is 1. The topological polar surface area (TPSA) is 28.4 Å². The van der Waals surface area contributed by atoms with Crippen LogP contribution in [0.2, 0.25) is 0 Å². The predicted octanol–water partition coefficient (Wildman–Crippen LogP) is 3.06. The molecular formula is C16H28N2O. The van der Waals surface area contributed by atoms with Crippen molar-refractivity contribution in [1.82, 2.24) is 10.2 Å². The van der Waals surface area contributed by atoms with Crippen LogP contribution < -0.4 is 5.32 Å². The molecule has 1 N–H and O–H groups in total. The van der Waals surface area contributed by atoms with E-state index in [1.807, 2.05) is 6.07 Å². The summed E-state index contributed by atoms with van der Waals surface area (Å²) in [5.41, 5.74) is 0. The molecule has 0 radical (unpaired) electrons. The second-order valence-electron chi connectivity index (χ2n) is 5.76. The van der Waals surface area contributed by atoms with Crippen LogP contribution in [0.25, 0.3) is 0 Å². The summed E-state index contributed by atoms with van der Waals surface area (Å²) in [6, 6.07) is 5.38. The fourth-order valence-electron chi connectivity index (χ4n) is 2.96. The highest BCUT2D eigenvalue weighted by Crippen LogP contribution is 2.14. The van der Waals surface area contributed by atoms with Crippen molar-refractivity contribution in [2.75, 3.05) is 19.6 Å². The van der Waals surface area contributed by atoms with Crippen LogP contribution in [0.3, 0.4) is 0 Å². The molecule has 3 nitrogen and oxygen atoms in total. The van der Waals surface area contributed by atoms with Gasteiger partial charge in [0.2, 0.25) is 0 Å². The van der Waals surface area contributed by atoms with Crippen molar-refractivity contribution in [2.24, 2.45) is 0 Å². The number of nitrogens with zero attached hydrogens (tertiary/aromatic N) is 1. The number of furan rings is 1. The quantitative estimate of drug-likeness (QED) is 0.856. The Kier molecular flexibility index (Phi) is 5.93. The molecule has 19 heavy (non-hydrogen) atoms. The molecule has 0 spiro atoms. The molecule has 1 aliphatic rings. The molecule has 0 aromatic carbocycles. The third-order valence-corrected chi connectivity index (χ3v) is 4.16. The van der Waals surface area contributed by atoms with Gasteiger partial charge >= 0.3 is 0 Å². The van der Waals surface area contributed by atoms with Crippen molar-refractivity contribution in [3.63, 3.8) is 0 Å². The molecule has 0 amide bonds. The fourth-order valence-corrected chi connectivity index (χ4v) is 2.96. The van der Waals surface area contributed by atoms with E-state index in [4.69, 9.17) is 4.42 Å². The summed E-state index contributed by atoms with van der Waals surface area (Å²) in [7, 11) is 0. The largest absolute Gasteiger partial charge is 0.469 e. The molecule has 2 heterocycles. The van der Waals surface area contributed by atoms with Crippen LogP contribution in [0.15, 0.2) is 22.8 Å². The van der Waals surface area contributed by atoms with E-state index in [1.165, 1.54) is 45.3 Å². The Morgan fingerprint density at radius 1 is 1.53 bits per heavy atom. The van der Waals surface area contributed by atoms with Gasteiger partial charge in [-0.15, -0.1) is 0 Å². The van der Waals surface area contributed by atoms with Crippen molar-refractivity contribution in [2.45, 2.75) is 58.0 Å². The maximum atomic E-state index is 5.42. The number of nitrogens with one attached hydrogen (secondary N) is 1. The van der Waals surface area contributed by atoms with Gasteiger partial charge < -0.3 is 9.73 Å². The summed E-state index contributed by atoms with van der Waals surface area (Å²) in [5, 5.41) is 3.68. The highest BCUT2D eigenvalue weighted by atomic mass is 16.3. The lowest BCUT2D eigenvalue weighted by atomic mass is 10.1. The van der Waals surface area contributed by atoms with E-state index in [-0.39, 0.29) is 0 Å². The minimum absolute atomic E-state index is 0.643. The van der Waals surface area contributed by atoms with Crippen molar-refractivity contribution >= 4 is 0 Å². The first-order chi connectivity index (χ1) is 9.29. The number of rotatable bonds is 6. The first-order valence-electron chi connectivity index (χ1n) is 7.79. The molecule has 108 valence electrons. The zero-order valence-corrected chi connectivity index (χ0v) is 12.4. The summed E-state index contributed by atoms with van der Waals surface area (Å²) in [4.78, 5) is 2.66. The highest BCUT2D eigenvalue weighted by molar-refractivity contribution is 4.98. The normalized spacial score (nSPS) is 23.2. The predicted molar refractivity (Wildman–Crippen MR) is 79.4 cm³/mol. The third-order valence-electron chi connectivity index (χ3n) is 4.16. The van der Waals surface area contributed by atoms with E-state index in [1.54, 1.807) is 6.26 Å². The maximum absolute atomic E-state index is 5.42. The van der Waals surface area contributed by atoms with Gasteiger partial charge in [-0.2, -0.15) is 0 Å². The van der Waals surface area contributed by atoms with Crippen LogP contribution in [0.5, 0.6) is 0 Å². The molecule has 1 fully saturated rings. The molecule has 0 aliphatic carbocycles. The maximum Gasteiger partial charge on any atom is 0.103 e. The first-order valence-corrected chi connectivity index (χ1v) is 7.79. The van der Waals surface area contributed by atoms with E-state index in [0.717, 1.165) is 12.2 Å². The lowest BCUT2D eigenvalue weighted by molar-refractivity contribution is 0.191. The van der Waals surface area contributed by atoms with Crippen molar-refractivity contribution in [1.29, 1.82) is 0 Å². The van der Waals surface area contributed by atoms with Crippen LogP contribution in [-0.4, -0.2) is 36.6 Å². The summed E-state index contributed by atoms with van der Waals surface area (Å²) in [6.07, 6.45) is 7.84. The molecule has 1 aromatic rings. The van der Waals surface area contributed by atoms with Gasteiger partial charge in [0, 0.05) is 25.0 Å². The standard InChI is InChI=1S/C16H28N2O/c1-3-6-15-13-18(11-5-10-17-15)14(2)8-9-16-7-4-12-19-16/h4,7,12,14-15,17H,3,5-6,8-11,13H2,1-2H3. The third kappa shape index (κ3) is 4.66. The van der Waals surface area contributed by atoms with Crippen molar-refractivity contribution < 1.29 is 4.42 Å². The SMILES string of the molecule is CCCC1CN(C(C)CCc2ccco2)CCCN1. The van der Waals surface area contributed by atoms with Gasteiger partial charge in [-0.05, 0) is 51.4 Å². The van der Waals surface area contributed by atoms with Crippen molar-refractivity contribution in [3.8, 4) is 0 Å². The van der Waals surface area contributed by atoms with E-state index >= 15 is 0 Å². The lowest BCUT2D eigenvalue weighted by Gasteiger charge is -2.30. The minimum atomic E-state index is 0.643. The van der Waals surface area contributed by atoms with Gasteiger partial charge in [0.25, 0.3) is 0 Å². The molecule has 0 saturated carbocycles. The molecular weight excluding hydrogens is 236 g/mol. The van der Waals surface area contributed by atoms with Gasteiger partial charge in [0.1, 0.15) is 5.76 Å². The zero-order chi connectivity index (χ0) is 13.5. The van der Waals surface area contributed by atoms with Gasteiger partial charge in [-0.3, -0.25) is 4.90 Å². The Morgan fingerprint density at radius 2 is 2.42 bits per heavy atom. The highest BCUT2D eigenvalue weighted by Gasteiger charge is 2.21. The minimum Gasteiger partial charge on any atom is -0.469 e. The average Bonchev–Trinajstić information content (AvgIpc) is 2.82. The second kappa shape index (κ2) is 7.71. The van der Waals surface area contributed by atoms with E-state index in [2.05, 4.69) is 30.1 Å². The monoisotopic (exact) mass is 264 g/mol. The molecule has 1 saturated heterocycles. The smallest absolute Gasteiger partial charge is 0.103 e. The van der Waals surface area contributed by atoms with Gasteiger partial charge in [-0.1, -0.05) is 13.3 Å².